The molecular weight excluding hydrogens is 203 g/mol. The first-order valence-electron chi connectivity index (χ1n) is 3.14. The molecule has 0 aliphatic rings. The summed E-state index contributed by atoms with van der Waals surface area (Å²) in [5.74, 6) is -2.87. The number of rotatable bonds is 0. The molecule has 0 saturated heterocycles. The van der Waals surface area contributed by atoms with Crippen LogP contribution in [-0.2, 0) is 0 Å². The lowest BCUT2D eigenvalue weighted by Gasteiger charge is -2.07. The van der Waals surface area contributed by atoms with Crippen LogP contribution < -0.4 is 10.6 Å². The fourth-order valence-corrected chi connectivity index (χ4v) is 1.54. The van der Waals surface area contributed by atoms with E-state index in [0.717, 1.165) is 0 Å². The molecule has 0 aliphatic heterocycles. The number of hydrogen-bond donors (Lipinski definition) is 0. The van der Waals surface area contributed by atoms with E-state index < -0.39 is 17.5 Å². The van der Waals surface area contributed by atoms with Crippen molar-refractivity contribution in [3.63, 3.8) is 0 Å². The normalized spacial score (nSPS) is 10.5. The zero-order valence-electron chi connectivity index (χ0n) is 6.29. The zero-order chi connectivity index (χ0) is 9.46. The van der Waals surface area contributed by atoms with Gasteiger partial charge in [0, 0.05) is 10.6 Å². The molecule has 66 valence electrons. The summed E-state index contributed by atoms with van der Waals surface area (Å²) in [6, 6.07) is 0. The van der Waals surface area contributed by atoms with Gasteiger partial charge in [-0.1, -0.05) is 9.24 Å². The minimum Gasteiger partial charge on any atom is -0.206 e. The van der Waals surface area contributed by atoms with Crippen molar-refractivity contribution in [3.05, 3.63) is 23.0 Å². The van der Waals surface area contributed by atoms with Gasteiger partial charge in [-0.15, -0.1) is 9.24 Å². The number of benzene rings is 1. The Morgan fingerprint density at radius 1 is 0.833 bits per heavy atom. The molecule has 0 aliphatic carbocycles. The highest BCUT2D eigenvalue weighted by Crippen LogP contribution is 2.14. The lowest BCUT2D eigenvalue weighted by molar-refractivity contribution is 0.501. The summed E-state index contributed by atoms with van der Waals surface area (Å²) in [7, 11) is 3.87. The Kier molecular flexibility index (Phi) is 2.75. The van der Waals surface area contributed by atoms with Crippen molar-refractivity contribution in [3.8, 4) is 0 Å². The minimum absolute atomic E-state index is 0.0128. The van der Waals surface area contributed by atoms with Gasteiger partial charge in [0.05, 0.1) is 0 Å². The van der Waals surface area contributed by atoms with Crippen LogP contribution in [0, 0.1) is 24.4 Å². The summed E-state index contributed by atoms with van der Waals surface area (Å²) < 4.78 is 38.6. The fourth-order valence-electron chi connectivity index (χ4n) is 0.807. The van der Waals surface area contributed by atoms with Gasteiger partial charge in [-0.2, -0.15) is 0 Å². The molecule has 1 rings (SSSR count). The maximum absolute atomic E-state index is 13.0. The zero-order valence-corrected chi connectivity index (χ0v) is 8.60. The fraction of sp³-hybridized carbons (Fsp3) is 0.143. The minimum atomic E-state index is -1.14. The smallest absolute Gasteiger partial charge is 0.169 e. The highest BCUT2D eigenvalue weighted by atomic mass is 31.0. The third-order valence-electron chi connectivity index (χ3n) is 1.64. The van der Waals surface area contributed by atoms with E-state index in [4.69, 9.17) is 0 Å². The largest absolute Gasteiger partial charge is 0.206 e. The van der Waals surface area contributed by atoms with Gasteiger partial charge in [-0.3, -0.25) is 0 Å². The van der Waals surface area contributed by atoms with Crippen LogP contribution in [-0.4, -0.2) is 0 Å². The second kappa shape index (κ2) is 3.32. The Balaban J connectivity index is 3.60. The summed E-state index contributed by atoms with van der Waals surface area (Å²) >= 11 is 0. The van der Waals surface area contributed by atoms with E-state index in [-0.39, 0.29) is 16.2 Å². The molecule has 0 fully saturated rings. The van der Waals surface area contributed by atoms with Crippen molar-refractivity contribution in [2.24, 2.45) is 0 Å². The van der Waals surface area contributed by atoms with Crippen molar-refractivity contribution in [2.45, 2.75) is 6.92 Å². The quantitative estimate of drug-likeness (QED) is 0.448. The van der Waals surface area contributed by atoms with Crippen LogP contribution in [0.1, 0.15) is 5.56 Å². The molecule has 12 heavy (non-hydrogen) atoms. The monoisotopic (exact) mass is 210 g/mol. The van der Waals surface area contributed by atoms with Crippen molar-refractivity contribution in [1.82, 2.24) is 0 Å². The van der Waals surface area contributed by atoms with Gasteiger partial charge >= 0.3 is 0 Å². The Bertz CT molecular complexity index is 231. The van der Waals surface area contributed by atoms with E-state index in [1.165, 1.54) is 6.92 Å². The molecule has 0 nitrogen and oxygen atoms in total. The van der Waals surface area contributed by atoms with Crippen molar-refractivity contribution in [1.29, 1.82) is 0 Å². The van der Waals surface area contributed by atoms with Gasteiger partial charge in [0.2, 0.25) is 0 Å². The van der Waals surface area contributed by atoms with E-state index in [2.05, 4.69) is 0 Å². The first-order chi connectivity index (χ1) is 5.46. The molecular formula is C7H7F3P2. The van der Waals surface area contributed by atoms with Gasteiger partial charge in [0.15, 0.2) is 11.6 Å². The topological polar surface area (TPSA) is 0 Å². The summed E-state index contributed by atoms with van der Waals surface area (Å²) in [6.45, 7) is 1.33. The molecule has 0 aromatic heterocycles. The van der Waals surface area contributed by atoms with Gasteiger partial charge in [-0.25, -0.2) is 13.2 Å². The Morgan fingerprint density at radius 3 is 1.83 bits per heavy atom. The Hall–Kier alpha value is -0.130. The predicted octanol–water partition coefficient (Wildman–Crippen LogP) is 1.41. The summed E-state index contributed by atoms with van der Waals surface area (Å²) in [5, 5.41) is -0.290. The molecule has 0 heterocycles. The first-order valence-corrected chi connectivity index (χ1v) is 4.30. The Morgan fingerprint density at radius 2 is 1.33 bits per heavy atom. The van der Waals surface area contributed by atoms with E-state index in [9.17, 15) is 13.2 Å². The SMILES string of the molecule is Cc1c(F)c(F)c(P)c(F)c1P. The molecule has 2 atom stereocenters. The van der Waals surface area contributed by atoms with Crippen molar-refractivity contribution in [2.75, 3.05) is 0 Å². The molecule has 5 heteroatoms. The van der Waals surface area contributed by atoms with E-state index in [1.807, 2.05) is 18.5 Å². The van der Waals surface area contributed by atoms with E-state index in [0.29, 0.717) is 0 Å². The molecule has 0 N–H and O–H groups in total. The number of halogens is 3. The molecule has 0 amide bonds. The molecule has 0 radical (unpaired) electrons. The third kappa shape index (κ3) is 1.36. The van der Waals surface area contributed by atoms with Gasteiger partial charge < -0.3 is 0 Å². The lowest BCUT2D eigenvalue weighted by atomic mass is 10.2. The standard InChI is InChI=1S/C7H7F3P2/c1-2-3(8)4(9)7(12)5(10)6(2)11/h11-12H2,1H3. The molecule has 1 aromatic rings. The van der Waals surface area contributed by atoms with Crippen LogP contribution in [0.4, 0.5) is 13.2 Å². The van der Waals surface area contributed by atoms with E-state index >= 15 is 0 Å². The van der Waals surface area contributed by atoms with Crippen LogP contribution in [0.3, 0.4) is 0 Å². The van der Waals surface area contributed by atoms with Crippen molar-refractivity contribution < 1.29 is 13.2 Å². The summed E-state index contributed by atoms with van der Waals surface area (Å²) in [6.07, 6.45) is 0. The second-order valence-electron chi connectivity index (χ2n) is 2.39. The molecule has 0 spiro atoms. The average molecular weight is 210 g/mol. The first kappa shape index (κ1) is 9.95. The second-order valence-corrected chi connectivity index (χ2v) is 3.55. The van der Waals surface area contributed by atoms with Crippen LogP contribution in [0.5, 0.6) is 0 Å². The van der Waals surface area contributed by atoms with Crippen LogP contribution in [0.15, 0.2) is 0 Å². The summed E-state index contributed by atoms with van der Waals surface area (Å²) in [5.41, 5.74) is -0.0128. The van der Waals surface area contributed by atoms with Crippen LogP contribution >= 0.6 is 18.5 Å². The molecule has 0 saturated carbocycles. The van der Waals surface area contributed by atoms with Gasteiger partial charge in [0.25, 0.3) is 0 Å². The van der Waals surface area contributed by atoms with Gasteiger partial charge in [-0.05, 0) is 12.5 Å². The molecule has 2 unspecified atom stereocenters. The van der Waals surface area contributed by atoms with Crippen molar-refractivity contribution >= 4 is 29.1 Å². The summed E-state index contributed by atoms with van der Waals surface area (Å²) in [4.78, 5) is 0. The molecule has 0 bridgehead atoms. The maximum Gasteiger partial charge on any atom is 0.169 e. The predicted molar refractivity (Wildman–Crippen MR) is 49.7 cm³/mol. The number of hydrogen-bond acceptors (Lipinski definition) is 0. The molecule has 1 aromatic carbocycles. The average Bonchev–Trinajstić information content (AvgIpc) is 2.08. The highest BCUT2D eigenvalue weighted by Gasteiger charge is 2.17. The van der Waals surface area contributed by atoms with Gasteiger partial charge in [0.1, 0.15) is 5.82 Å². The highest BCUT2D eigenvalue weighted by molar-refractivity contribution is 7.29. The van der Waals surface area contributed by atoms with Crippen LogP contribution in [0.25, 0.3) is 0 Å². The van der Waals surface area contributed by atoms with E-state index in [1.54, 1.807) is 0 Å². The van der Waals surface area contributed by atoms with Crippen LogP contribution in [0.2, 0.25) is 0 Å². The third-order valence-corrected chi connectivity index (χ3v) is 2.83. The Labute approximate surface area is 73.0 Å². The lowest BCUT2D eigenvalue weighted by Crippen LogP contribution is -2.20. The maximum atomic E-state index is 13.0.